The van der Waals surface area contributed by atoms with E-state index in [1.165, 1.54) is 18.4 Å². The summed E-state index contributed by atoms with van der Waals surface area (Å²) in [6, 6.07) is 8.50. The summed E-state index contributed by atoms with van der Waals surface area (Å²) in [7, 11) is 0. The highest BCUT2D eigenvalue weighted by Gasteiger charge is 2.38. The summed E-state index contributed by atoms with van der Waals surface area (Å²) < 4.78 is 0. The minimum atomic E-state index is 0.114. The van der Waals surface area contributed by atoms with Crippen molar-refractivity contribution in [3.63, 3.8) is 0 Å². The number of nitrogens with two attached hydrogens (primary N) is 1. The van der Waals surface area contributed by atoms with Gasteiger partial charge in [-0.2, -0.15) is 0 Å². The maximum absolute atomic E-state index is 6.23. The van der Waals surface area contributed by atoms with E-state index in [1.54, 1.807) is 0 Å². The summed E-state index contributed by atoms with van der Waals surface area (Å²) in [5.74, 6) is 0. The molecule has 0 aromatic heterocycles. The third kappa shape index (κ3) is 2.71. The number of benzene rings is 1. The van der Waals surface area contributed by atoms with Gasteiger partial charge in [0.1, 0.15) is 0 Å². The smallest absolute Gasteiger partial charge is 0.0501 e. The van der Waals surface area contributed by atoms with E-state index in [4.69, 9.17) is 17.3 Å². The monoisotopic (exact) mass is 266 g/mol. The van der Waals surface area contributed by atoms with Crippen LogP contribution in [0.15, 0.2) is 24.3 Å². The predicted molar refractivity (Wildman–Crippen MR) is 77.9 cm³/mol. The van der Waals surface area contributed by atoms with Crippen LogP contribution < -0.4 is 5.73 Å². The van der Waals surface area contributed by atoms with Crippen LogP contribution in [-0.2, 0) is 0 Å². The standard InChI is InChI=1S/C15H23ClN2/c1-11(17)14(12-5-7-13(16)8-6-12)18-10-4-9-15(18,2)3/h5-8,11,14H,4,9-10,17H2,1-3H3. The fraction of sp³-hybridized carbons (Fsp3) is 0.600. The molecule has 1 fully saturated rings. The second-order valence-electron chi connectivity index (χ2n) is 5.96. The van der Waals surface area contributed by atoms with Gasteiger partial charge in [-0.15, -0.1) is 0 Å². The molecule has 18 heavy (non-hydrogen) atoms. The first-order valence-electron chi connectivity index (χ1n) is 6.69. The quantitative estimate of drug-likeness (QED) is 0.906. The number of likely N-dealkylation sites (tertiary alicyclic amines) is 1. The minimum Gasteiger partial charge on any atom is -0.326 e. The molecule has 0 amide bonds. The highest BCUT2D eigenvalue weighted by Crippen LogP contribution is 2.37. The van der Waals surface area contributed by atoms with Gasteiger partial charge >= 0.3 is 0 Å². The Morgan fingerprint density at radius 2 is 1.89 bits per heavy atom. The SMILES string of the molecule is CC(N)C(c1ccc(Cl)cc1)N1CCCC1(C)C. The van der Waals surface area contributed by atoms with Crippen LogP contribution in [0.25, 0.3) is 0 Å². The van der Waals surface area contributed by atoms with Gasteiger partial charge in [0.15, 0.2) is 0 Å². The van der Waals surface area contributed by atoms with Crippen molar-refractivity contribution in [2.75, 3.05) is 6.54 Å². The topological polar surface area (TPSA) is 29.3 Å². The van der Waals surface area contributed by atoms with E-state index in [9.17, 15) is 0 Å². The van der Waals surface area contributed by atoms with Gasteiger partial charge in [-0.05, 0) is 57.9 Å². The van der Waals surface area contributed by atoms with Crippen LogP contribution in [-0.4, -0.2) is 23.0 Å². The van der Waals surface area contributed by atoms with Crippen molar-refractivity contribution in [3.05, 3.63) is 34.9 Å². The summed E-state index contributed by atoms with van der Waals surface area (Å²) >= 11 is 5.97. The molecular formula is C15H23ClN2. The lowest BCUT2D eigenvalue weighted by atomic mass is 9.94. The molecule has 2 nitrogen and oxygen atoms in total. The van der Waals surface area contributed by atoms with Crippen LogP contribution >= 0.6 is 11.6 Å². The van der Waals surface area contributed by atoms with Crippen LogP contribution in [0.1, 0.15) is 45.2 Å². The largest absolute Gasteiger partial charge is 0.326 e. The van der Waals surface area contributed by atoms with Gasteiger partial charge in [-0.1, -0.05) is 23.7 Å². The van der Waals surface area contributed by atoms with Gasteiger partial charge in [0, 0.05) is 16.6 Å². The molecule has 0 aliphatic carbocycles. The predicted octanol–water partition coefficient (Wildman–Crippen LogP) is 3.60. The van der Waals surface area contributed by atoms with Gasteiger partial charge in [0.05, 0.1) is 6.04 Å². The Bertz CT molecular complexity index is 397. The molecule has 2 rings (SSSR count). The highest BCUT2D eigenvalue weighted by atomic mass is 35.5. The lowest BCUT2D eigenvalue weighted by Crippen LogP contribution is -2.47. The van der Waals surface area contributed by atoms with Crippen LogP contribution in [0.3, 0.4) is 0 Å². The Kier molecular flexibility index (Phi) is 4.00. The molecule has 1 aromatic rings. The first-order chi connectivity index (χ1) is 8.42. The fourth-order valence-corrected chi connectivity index (χ4v) is 3.20. The average molecular weight is 267 g/mol. The van der Waals surface area contributed by atoms with E-state index >= 15 is 0 Å². The summed E-state index contributed by atoms with van der Waals surface area (Å²) in [5.41, 5.74) is 7.74. The van der Waals surface area contributed by atoms with E-state index < -0.39 is 0 Å². The Morgan fingerprint density at radius 1 is 1.28 bits per heavy atom. The summed E-state index contributed by atoms with van der Waals surface area (Å²) in [6.07, 6.45) is 2.49. The zero-order chi connectivity index (χ0) is 13.3. The lowest BCUT2D eigenvalue weighted by molar-refractivity contribution is 0.101. The minimum absolute atomic E-state index is 0.114. The molecule has 1 heterocycles. The van der Waals surface area contributed by atoms with Crippen LogP contribution in [0.4, 0.5) is 0 Å². The molecule has 2 N–H and O–H groups in total. The first kappa shape index (κ1) is 13.9. The maximum atomic E-state index is 6.23. The third-order valence-corrected chi connectivity index (χ3v) is 4.26. The van der Waals surface area contributed by atoms with Crippen LogP contribution in [0.2, 0.25) is 5.02 Å². The number of rotatable bonds is 3. The zero-order valence-corrected chi connectivity index (χ0v) is 12.2. The Labute approximate surface area is 115 Å². The number of halogens is 1. The molecule has 100 valence electrons. The Hall–Kier alpha value is -0.570. The number of hydrogen-bond donors (Lipinski definition) is 1. The molecule has 1 aromatic carbocycles. The maximum Gasteiger partial charge on any atom is 0.0501 e. The highest BCUT2D eigenvalue weighted by molar-refractivity contribution is 6.30. The second-order valence-corrected chi connectivity index (χ2v) is 6.40. The Balaban J connectivity index is 2.31. The normalized spacial score (nSPS) is 22.9. The second kappa shape index (κ2) is 5.20. The summed E-state index contributed by atoms with van der Waals surface area (Å²) in [4.78, 5) is 2.54. The molecule has 0 bridgehead atoms. The van der Waals surface area contributed by atoms with Crippen LogP contribution in [0, 0.1) is 0 Å². The van der Waals surface area contributed by atoms with E-state index in [2.05, 4.69) is 37.8 Å². The number of hydrogen-bond acceptors (Lipinski definition) is 2. The van der Waals surface area contributed by atoms with Crippen molar-refractivity contribution in [2.45, 2.75) is 51.2 Å². The van der Waals surface area contributed by atoms with Crippen molar-refractivity contribution in [3.8, 4) is 0 Å². The van der Waals surface area contributed by atoms with Gasteiger partial charge in [0.2, 0.25) is 0 Å². The van der Waals surface area contributed by atoms with E-state index in [0.717, 1.165) is 11.6 Å². The van der Waals surface area contributed by atoms with Crippen molar-refractivity contribution in [1.82, 2.24) is 4.90 Å². The summed E-state index contributed by atoms with van der Waals surface area (Å²) in [5, 5.41) is 0.780. The van der Waals surface area contributed by atoms with Crippen molar-refractivity contribution >= 4 is 11.6 Å². The fourth-order valence-electron chi connectivity index (χ4n) is 3.07. The molecule has 1 saturated heterocycles. The van der Waals surface area contributed by atoms with Gasteiger partial charge in [-0.25, -0.2) is 0 Å². The zero-order valence-electron chi connectivity index (χ0n) is 11.5. The van der Waals surface area contributed by atoms with Gasteiger partial charge in [-0.3, -0.25) is 4.90 Å². The molecule has 1 aliphatic rings. The first-order valence-corrected chi connectivity index (χ1v) is 7.07. The lowest BCUT2D eigenvalue weighted by Gasteiger charge is -2.40. The van der Waals surface area contributed by atoms with Gasteiger partial charge < -0.3 is 5.73 Å². The van der Waals surface area contributed by atoms with E-state index in [1.807, 2.05) is 12.1 Å². The van der Waals surface area contributed by atoms with Crippen molar-refractivity contribution < 1.29 is 0 Å². The van der Waals surface area contributed by atoms with Gasteiger partial charge in [0.25, 0.3) is 0 Å². The molecule has 0 radical (unpaired) electrons. The molecule has 2 unspecified atom stereocenters. The Morgan fingerprint density at radius 3 is 2.33 bits per heavy atom. The molecule has 0 spiro atoms. The molecule has 1 aliphatic heterocycles. The molecule has 2 atom stereocenters. The molecule has 3 heteroatoms. The third-order valence-electron chi connectivity index (χ3n) is 4.01. The molecule has 0 saturated carbocycles. The van der Waals surface area contributed by atoms with Crippen LogP contribution in [0.5, 0.6) is 0 Å². The van der Waals surface area contributed by atoms with Crippen molar-refractivity contribution in [2.24, 2.45) is 5.73 Å². The average Bonchev–Trinajstić information content (AvgIpc) is 2.62. The van der Waals surface area contributed by atoms with E-state index in [0.29, 0.717) is 0 Å². The summed E-state index contributed by atoms with van der Waals surface area (Å²) in [6.45, 7) is 7.84. The van der Waals surface area contributed by atoms with E-state index in [-0.39, 0.29) is 17.6 Å². The molecular weight excluding hydrogens is 244 g/mol. The number of nitrogens with zero attached hydrogens (tertiary/aromatic N) is 1. The van der Waals surface area contributed by atoms with Crippen molar-refractivity contribution in [1.29, 1.82) is 0 Å².